The largest absolute Gasteiger partial charge is 0.467 e. The first-order valence-corrected chi connectivity index (χ1v) is 13.9. The number of ether oxygens (including phenoxy) is 1. The summed E-state index contributed by atoms with van der Waals surface area (Å²) in [4.78, 5) is 44.5. The molecule has 0 aliphatic carbocycles. The first kappa shape index (κ1) is 28.7. The molecule has 1 unspecified atom stereocenters. The molecule has 2 aromatic heterocycles. The number of hydrogen-bond acceptors (Lipinski definition) is 9. The molecule has 0 spiro atoms. The van der Waals surface area contributed by atoms with E-state index >= 15 is 0 Å². The standard InChI is InChI=1S/C27H31ClN4O6S/c1-14(2)21(23-22(28)26(31-38-23)37-10-9-33)27(36)32-12-19(34)11-20(32)25(35)30-15(3)17-5-7-18(8-6-17)24-16(4)29-13-39-24/h5-9,13-15,19-21,34H,10-12H2,1-4H3,(H,30,35)/t15-,19+,20-,21?/m0/s1. The Morgan fingerprint density at radius 3 is 2.64 bits per heavy atom. The van der Waals surface area contributed by atoms with Crippen LogP contribution in [0, 0.1) is 12.8 Å². The van der Waals surface area contributed by atoms with E-state index in [2.05, 4.69) is 15.5 Å². The van der Waals surface area contributed by atoms with Crippen molar-refractivity contribution in [3.63, 3.8) is 0 Å². The maximum Gasteiger partial charge on any atom is 0.273 e. The summed E-state index contributed by atoms with van der Waals surface area (Å²) in [7, 11) is 0. The van der Waals surface area contributed by atoms with Gasteiger partial charge >= 0.3 is 0 Å². The van der Waals surface area contributed by atoms with Gasteiger partial charge in [-0.05, 0) is 36.0 Å². The second-order valence-electron chi connectivity index (χ2n) is 9.88. The lowest BCUT2D eigenvalue weighted by molar-refractivity contribution is -0.141. The zero-order chi connectivity index (χ0) is 28.3. The fourth-order valence-corrected chi connectivity index (χ4v) is 5.80. The van der Waals surface area contributed by atoms with Crippen molar-refractivity contribution < 1.29 is 28.8 Å². The number of hydrogen-bond donors (Lipinski definition) is 2. The van der Waals surface area contributed by atoms with Crippen molar-refractivity contribution in [3.05, 3.63) is 51.8 Å². The molecule has 1 saturated heterocycles. The van der Waals surface area contributed by atoms with Crippen molar-refractivity contribution in [2.75, 3.05) is 13.2 Å². The van der Waals surface area contributed by atoms with Gasteiger partial charge in [-0.15, -0.1) is 11.3 Å². The maximum atomic E-state index is 13.7. The number of likely N-dealkylation sites (tertiary alicyclic amines) is 1. The van der Waals surface area contributed by atoms with Crippen LogP contribution in [0.2, 0.25) is 5.02 Å². The highest BCUT2D eigenvalue weighted by atomic mass is 35.5. The van der Waals surface area contributed by atoms with E-state index in [-0.39, 0.29) is 54.1 Å². The third-order valence-corrected chi connectivity index (χ3v) is 8.10. The summed E-state index contributed by atoms with van der Waals surface area (Å²) >= 11 is 7.94. The van der Waals surface area contributed by atoms with Gasteiger partial charge in [-0.25, -0.2) is 4.98 Å². The fourth-order valence-electron chi connectivity index (χ4n) is 4.75. The Balaban J connectivity index is 1.49. The number of thiazole rings is 1. The van der Waals surface area contributed by atoms with Crippen molar-refractivity contribution >= 4 is 41.0 Å². The molecule has 39 heavy (non-hydrogen) atoms. The Bertz CT molecular complexity index is 1320. The average Bonchev–Trinajstić information content (AvgIpc) is 3.61. The predicted molar refractivity (Wildman–Crippen MR) is 146 cm³/mol. The summed E-state index contributed by atoms with van der Waals surface area (Å²) in [5, 5.41) is 17.1. The lowest BCUT2D eigenvalue weighted by Gasteiger charge is -2.29. The molecule has 12 heteroatoms. The Morgan fingerprint density at radius 2 is 2.03 bits per heavy atom. The van der Waals surface area contributed by atoms with Crippen LogP contribution in [0.3, 0.4) is 0 Å². The van der Waals surface area contributed by atoms with Crippen molar-refractivity contribution in [2.24, 2.45) is 5.92 Å². The zero-order valence-corrected chi connectivity index (χ0v) is 23.7. The Labute approximate surface area is 235 Å². The minimum atomic E-state index is -0.876. The van der Waals surface area contributed by atoms with Gasteiger partial charge in [-0.2, -0.15) is 0 Å². The van der Waals surface area contributed by atoms with Gasteiger partial charge in [0.2, 0.25) is 11.8 Å². The smallest absolute Gasteiger partial charge is 0.273 e. The van der Waals surface area contributed by atoms with E-state index in [9.17, 15) is 19.5 Å². The number of rotatable bonds is 10. The number of aliphatic hydroxyl groups excluding tert-OH is 1. The second kappa shape index (κ2) is 12.3. The molecular formula is C27H31ClN4O6S. The van der Waals surface area contributed by atoms with Crippen LogP contribution in [-0.4, -0.2) is 63.5 Å². The van der Waals surface area contributed by atoms with E-state index in [0.717, 1.165) is 21.7 Å². The first-order valence-electron chi connectivity index (χ1n) is 12.6. The molecule has 1 aromatic carbocycles. The third-order valence-electron chi connectivity index (χ3n) is 6.78. The van der Waals surface area contributed by atoms with Gasteiger partial charge in [0.15, 0.2) is 12.0 Å². The number of aldehydes is 1. The minimum absolute atomic E-state index is 0.00231. The highest BCUT2D eigenvalue weighted by Crippen LogP contribution is 2.38. The van der Waals surface area contributed by atoms with E-state index in [1.807, 2.05) is 57.5 Å². The predicted octanol–water partition coefficient (Wildman–Crippen LogP) is 3.92. The van der Waals surface area contributed by atoms with Crippen LogP contribution < -0.4 is 10.1 Å². The molecule has 1 aliphatic rings. The minimum Gasteiger partial charge on any atom is -0.467 e. The van der Waals surface area contributed by atoms with Crippen LogP contribution in [0.5, 0.6) is 5.88 Å². The topological polar surface area (TPSA) is 135 Å². The van der Waals surface area contributed by atoms with Crippen molar-refractivity contribution in [1.82, 2.24) is 20.4 Å². The summed E-state index contributed by atoms with van der Waals surface area (Å²) in [5.41, 5.74) is 4.74. The Hall–Kier alpha value is -3.28. The number of aryl methyl sites for hydroxylation is 1. The number of amides is 2. The summed E-state index contributed by atoms with van der Waals surface area (Å²) in [6, 6.07) is 6.70. The van der Waals surface area contributed by atoms with E-state index in [0.29, 0.717) is 6.29 Å². The normalized spacial score (nSPS) is 18.7. The molecule has 2 amide bonds. The number of nitrogens with zero attached hydrogens (tertiary/aromatic N) is 3. The molecule has 1 aliphatic heterocycles. The lowest BCUT2D eigenvalue weighted by Crippen LogP contribution is -2.48. The monoisotopic (exact) mass is 574 g/mol. The lowest BCUT2D eigenvalue weighted by atomic mass is 9.91. The molecule has 0 bridgehead atoms. The molecule has 4 atom stereocenters. The molecule has 0 radical (unpaired) electrons. The van der Waals surface area contributed by atoms with E-state index < -0.39 is 24.0 Å². The number of carbonyl (C=O) groups excluding carboxylic acids is 3. The van der Waals surface area contributed by atoms with Crippen LogP contribution in [0.25, 0.3) is 10.4 Å². The van der Waals surface area contributed by atoms with Crippen LogP contribution in [0.1, 0.15) is 56.2 Å². The van der Waals surface area contributed by atoms with Gasteiger partial charge in [0.05, 0.1) is 28.2 Å². The number of β-amino-alcohol motifs (C(OH)–C–C–N with tert-alkyl or cyclic N) is 1. The van der Waals surface area contributed by atoms with Crippen LogP contribution in [-0.2, 0) is 14.4 Å². The molecular weight excluding hydrogens is 544 g/mol. The van der Waals surface area contributed by atoms with E-state index in [4.69, 9.17) is 20.9 Å². The Morgan fingerprint density at radius 1 is 1.31 bits per heavy atom. The molecule has 3 heterocycles. The third kappa shape index (κ3) is 6.15. The molecule has 4 rings (SSSR count). The number of halogens is 1. The highest BCUT2D eigenvalue weighted by molar-refractivity contribution is 7.13. The van der Waals surface area contributed by atoms with Gasteiger partial charge in [0.1, 0.15) is 23.6 Å². The van der Waals surface area contributed by atoms with Gasteiger partial charge in [-0.3, -0.25) is 14.4 Å². The number of aromatic nitrogens is 2. The number of carbonyl (C=O) groups is 3. The van der Waals surface area contributed by atoms with Crippen molar-refractivity contribution in [3.8, 4) is 16.3 Å². The van der Waals surface area contributed by atoms with E-state index in [1.165, 1.54) is 4.90 Å². The number of nitrogens with one attached hydrogen (secondary N) is 1. The van der Waals surface area contributed by atoms with Gasteiger partial charge in [0.25, 0.3) is 5.88 Å². The molecule has 10 nitrogen and oxygen atoms in total. The number of benzene rings is 1. The van der Waals surface area contributed by atoms with Gasteiger partial charge in [0, 0.05) is 13.0 Å². The maximum absolute atomic E-state index is 13.7. The van der Waals surface area contributed by atoms with Gasteiger partial charge < -0.3 is 24.6 Å². The zero-order valence-electron chi connectivity index (χ0n) is 22.1. The van der Waals surface area contributed by atoms with Crippen molar-refractivity contribution in [2.45, 2.75) is 58.2 Å². The van der Waals surface area contributed by atoms with E-state index in [1.54, 1.807) is 11.3 Å². The molecule has 0 saturated carbocycles. The first-order chi connectivity index (χ1) is 18.6. The summed E-state index contributed by atoms with van der Waals surface area (Å²) in [5.74, 6) is -1.93. The molecule has 1 fully saturated rings. The van der Waals surface area contributed by atoms with Gasteiger partial charge in [-0.1, -0.05) is 49.7 Å². The highest BCUT2D eigenvalue weighted by Gasteiger charge is 2.44. The number of aliphatic hydroxyl groups is 1. The quantitative estimate of drug-likeness (QED) is 0.348. The Kier molecular flexibility index (Phi) is 9.04. The molecule has 208 valence electrons. The summed E-state index contributed by atoms with van der Waals surface area (Å²) in [6.45, 7) is 7.19. The van der Waals surface area contributed by atoms with Crippen LogP contribution in [0.15, 0.2) is 34.3 Å². The summed E-state index contributed by atoms with van der Waals surface area (Å²) in [6.07, 6.45) is -0.204. The average molecular weight is 575 g/mol. The van der Waals surface area contributed by atoms with Crippen molar-refractivity contribution in [1.29, 1.82) is 0 Å². The second-order valence-corrected chi connectivity index (χ2v) is 11.1. The SMILES string of the molecule is Cc1ncsc1-c1ccc([C@H](C)NC(=O)[C@@H]2C[C@@H](O)CN2C(=O)C(c2onc(OCC=O)c2Cl)C(C)C)cc1. The summed E-state index contributed by atoms with van der Waals surface area (Å²) < 4.78 is 10.5. The molecule has 3 aromatic rings. The van der Waals surface area contributed by atoms with Crippen LogP contribution >= 0.6 is 22.9 Å². The fraction of sp³-hybridized carbons (Fsp3) is 0.444. The molecule has 2 N–H and O–H groups in total. The van der Waals surface area contributed by atoms with Crippen LogP contribution in [0.4, 0.5) is 0 Å².